The lowest BCUT2D eigenvalue weighted by Gasteiger charge is -2.34. The van der Waals surface area contributed by atoms with Gasteiger partial charge in [0.15, 0.2) is 5.82 Å². The second-order valence-electron chi connectivity index (χ2n) is 7.53. The largest absolute Gasteiger partial charge is 0.345 e. The maximum atomic E-state index is 12.8. The van der Waals surface area contributed by atoms with Crippen molar-refractivity contribution in [3.05, 3.63) is 39.7 Å². The maximum absolute atomic E-state index is 12.8. The van der Waals surface area contributed by atoms with Gasteiger partial charge in [-0.15, -0.1) is 0 Å². The number of carbonyl (C=O) groups excluding carboxylic acids is 1. The van der Waals surface area contributed by atoms with Crippen molar-refractivity contribution < 1.29 is 9.32 Å². The molecule has 26 heavy (non-hydrogen) atoms. The Morgan fingerprint density at radius 1 is 1.23 bits per heavy atom. The Morgan fingerprint density at radius 3 is 2.50 bits per heavy atom. The van der Waals surface area contributed by atoms with Gasteiger partial charge in [-0.3, -0.25) is 9.69 Å². The molecule has 0 unspecified atom stereocenters. The van der Waals surface area contributed by atoms with Crippen LogP contribution in [0.2, 0.25) is 0 Å². The number of aromatic nitrogens is 4. The van der Waals surface area contributed by atoms with Crippen molar-refractivity contribution in [1.82, 2.24) is 29.9 Å². The molecule has 3 heterocycles. The lowest BCUT2D eigenvalue weighted by molar-refractivity contribution is 0.0618. The molecule has 2 aromatic heterocycles. The average molecular weight is 360 g/mol. The van der Waals surface area contributed by atoms with Crippen molar-refractivity contribution in [2.45, 2.75) is 39.7 Å². The Hall–Kier alpha value is -2.55. The second kappa shape index (κ2) is 6.99. The van der Waals surface area contributed by atoms with Crippen LogP contribution in [0.1, 0.15) is 48.7 Å². The molecule has 0 radical (unpaired) electrons. The van der Waals surface area contributed by atoms with Crippen molar-refractivity contribution >= 4 is 5.91 Å². The standard InChI is InChI=1S/C17H24N6O3/c1-11-18-14(21-26-11)10-22-5-7-23(8-6-22)15(24)12-9-13(17(2,3)4)20-16(25)19-12/h9H,5-8,10H2,1-4H3,(H,19,20,25). The number of hydrogen-bond acceptors (Lipinski definition) is 7. The van der Waals surface area contributed by atoms with E-state index in [1.165, 1.54) is 0 Å². The monoisotopic (exact) mass is 360 g/mol. The van der Waals surface area contributed by atoms with Gasteiger partial charge in [-0.2, -0.15) is 9.97 Å². The third-order valence-corrected chi connectivity index (χ3v) is 4.37. The first kappa shape index (κ1) is 18.2. The van der Waals surface area contributed by atoms with Crippen LogP contribution in [0.4, 0.5) is 0 Å². The third kappa shape index (κ3) is 4.16. The molecule has 1 amide bonds. The number of piperazine rings is 1. The van der Waals surface area contributed by atoms with E-state index >= 15 is 0 Å². The van der Waals surface area contributed by atoms with E-state index in [4.69, 9.17) is 4.52 Å². The summed E-state index contributed by atoms with van der Waals surface area (Å²) in [7, 11) is 0. The molecule has 1 saturated heterocycles. The van der Waals surface area contributed by atoms with Gasteiger partial charge in [0.25, 0.3) is 5.91 Å². The van der Waals surface area contributed by atoms with E-state index in [-0.39, 0.29) is 17.0 Å². The summed E-state index contributed by atoms with van der Waals surface area (Å²) in [5.41, 5.74) is 0.137. The van der Waals surface area contributed by atoms with Gasteiger partial charge in [-0.25, -0.2) is 4.79 Å². The minimum absolute atomic E-state index is 0.195. The number of carbonyl (C=O) groups is 1. The van der Waals surface area contributed by atoms with Crippen LogP contribution in [0, 0.1) is 6.92 Å². The number of H-pyrrole nitrogens is 1. The fourth-order valence-corrected chi connectivity index (χ4v) is 2.85. The van der Waals surface area contributed by atoms with E-state index in [1.807, 2.05) is 20.8 Å². The van der Waals surface area contributed by atoms with Crippen LogP contribution in [0.3, 0.4) is 0 Å². The van der Waals surface area contributed by atoms with Crippen molar-refractivity contribution in [3.63, 3.8) is 0 Å². The Labute approximate surface area is 151 Å². The Kier molecular flexibility index (Phi) is 4.90. The van der Waals surface area contributed by atoms with E-state index in [0.717, 1.165) is 0 Å². The molecule has 0 aromatic carbocycles. The molecule has 1 aliphatic rings. The zero-order valence-corrected chi connectivity index (χ0v) is 15.6. The molecule has 1 N–H and O–H groups in total. The van der Waals surface area contributed by atoms with E-state index < -0.39 is 5.69 Å². The van der Waals surface area contributed by atoms with Crippen molar-refractivity contribution in [3.8, 4) is 0 Å². The SMILES string of the molecule is Cc1nc(CN2CCN(C(=O)c3cc(C(C)(C)C)[nH]c(=O)n3)CC2)no1. The van der Waals surface area contributed by atoms with Gasteiger partial charge < -0.3 is 14.4 Å². The summed E-state index contributed by atoms with van der Waals surface area (Å²) in [5.74, 6) is 0.980. The third-order valence-electron chi connectivity index (χ3n) is 4.37. The average Bonchev–Trinajstić information content (AvgIpc) is 2.98. The number of aryl methyl sites for hydroxylation is 1. The molecular formula is C17H24N6O3. The predicted molar refractivity (Wildman–Crippen MR) is 93.8 cm³/mol. The van der Waals surface area contributed by atoms with Crippen LogP contribution in [0.25, 0.3) is 0 Å². The van der Waals surface area contributed by atoms with Gasteiger partial charge >= 0.3 is 5.69 Å². The molecule has 9 heteroatoms. The van der Waals surface area contributed by atoms with Crippen LogP contribution < -0.4 is 5.69 Å². The minimum Gasteiger partial charge on any atom is -0.340 e. The summed E-state index contributed by atoms with van der Waals surface area (Å²) in [6.45, 7) is 10.8. The number of hydrogen-bond donors (Lipinski definition) is 1. The van der Waals surface area contributed by atoms with E-state index in [0.29, 0.717) is 50.1 Å². The smallest absolute Gasteiger partial charge is 0.340 e. The van der Waals surface area contributed by atoms with Crippen molar-refractivity contribution in [2.75, 3.05) is 26.2 Å². The van der Waals surface area contributed by atoms with Gasteiger partial charge in [0.05, 0.1) is 6.54 Å². The molecular weight excluding hydrogens is 336 g/mol. The summed E-state index contributed by atoms with van der Waals surface area (Å²) in [5, 5.41) is 3.90. The molecule has 0 spiro atoms. The zero-order chi connectivity index (χ0) is 18.9. The molecule has 1 fully saturated rings. The Balaban J connectivity index is 1.65. The van der Waals surface area contributed by atoms with Gasteiger partial charge in [-0.05, 0) is 6.07 Å². The molecule has 0 atom stereocenters. The fourth-order valence-electron chi connectivity index (χ4n) is 2.85. The quantitative estimate of drug-likeness (QED) is 0.859. The topological polar surface area (TPSA) is 108 Å². The lowest BCUT2D eigenvalue weighted by atomic mass is 9.91. The van der Waals surface area contributed by atoms with Gasteiger partial charge in [0.2, 0.25) is 5.89 Å². The molecule has 0 bridgehead atoms. The van der Waals surface area contributed by atoms with E-state index in [1.54, 1.807) is 17.9 Å². The van der Waals surface area contributed by atoms with Crippen molar-refractivity contribution in [2.24, 2.45) is 0 Å². The molecule has 140 valence electrons. The zero-order valence-electron chi connectivity index (χ0n) is 15.6. The first-order chi connectivity index (χ1) is 12.2. The molecule has 0 saturated carbocycles. The Morgan fingerprint density at radius 2 is 1.92 bits per heavy atom. The van der Waals surface area contributed by atoms with E-state index in [2.05, 4.69) is 25.0 Å². The highest BCUT2D eigenvalue weighted by Gasteiger charge is 2.26. The number of amides is 1. The number of nitrogens with zero attached hydrogens (tertiary/aromatic N) is 5. The van der Waals surface area contributed by atoms with Crippen LogP contribution in [-0.4, -0.2) is 62.0 Å². The molecule has 1 aliphatic heterocycles. The summed E-state index contributed by atoms with van der Waals surface area (Å²) < 4.78 is 4.98. The van der Waals surface area contributed by atoms with Crippen LogP contribution in [-0.2, 0) is 12.0 Å². The second-order valence-corrected chi connectivity index (χ2v) is 7.53. The fraction of sp³-hybridized carbons (Fsp3) is 0.588. The highest BCUT2D eigenvalue weighted by Crippen LogP contribution is 2.19. The number of rotatable bonds is 3. The number of aromatic amines is 1. The lowest BCUT2D eigenvalue weighted by Crippen LogP contribution is -2.48. The summed E-state index contributed by atoms with van der Waals surface area (Å²) in [6, 6.07) is 1.68. The van der Waals surface area contributed by atoms with Crippen LogP contribution in [0.15, 0.2) is 15.4 Å². The first-order valence-corrected chi connectivity index (χ1v) is 8.65. The van der Waals surface area contributed by atoms with Gasteiger partial charge in [0.1, 0.15) is 5.69 Å². The molecule has 3 rings (SSSR count). The normalized spacial score (nSPS) is 16.1. The molecule has 0 aliphatic carbocycles. The molecule has 9 nitrogen and oxygen atoms in total. The summed E-state index contributed by atoms with van der Waals surface area (Å²) in [4.78, 5) is 39.3. The van der Waals surface area contributed by atoms with Crippen LogP contribution >= 0.6 is 0 Å². The first-order valence-electron chi connectivity index (χ1n) is 8.65. The highest BCUT2D eigenvalue weighted by molar-refractivity contribution is 5.92. The summed E-state index contributed by atoms with van der Waals surface area (Å²) >= 11 is 0. The predicted octanol–water partition coefficient (Wildman–Crippen LogP) is 0.717. The summed E-state index contributed by atoms with van der Waals surface area (Å²) in [6.07, 6.45) is 0. The maximum Gasteiger partial charge on any atom is 0.345 e. The minimum atomic E-state index is -0.494. The van der Waals surface area contributed by atoms with Gasteiger partial charge in [0, 0.05) is 44.2 Å². The number of nitrogens with one attached hydrogen (secondary N) is 1. The van der Waals surface area contributed by atoms with E-state index in [9.17, 15) is 9.59 Å². The Bertz CT molecular complexity index is 843. The molecule has 2 aromatic rings. The highest BCUT2D eigenvalue weighted by atomic mass is 16.5. The van der Waals surface area contributed by atoms with Crippen molar-refractivity contribution in [1.29, 1.82) is 0 Å². The van der Waals surface area contributed by atoms with Crippen LogP contribution in [0.5, 0.6) is 0 Å². The van der Waals surface area contributed by atoms with Gasteiger partial charge in [-0.1, -0.05) is 25.9 Å².